The first-order chi connectivity index (χ1) is 13.5. The van der Waals surface area contributed by atoms with Crippen LogP contribution in [0.1, 0.15) is 18.4 Å². The fraction of sp³-hybridized carbons (Fsp3) is 0.364. The standard InChI is InChI=1S/C22H26FN3O2/c1-25(20-5-3-2-4-6-20)21(27)16-26-13-11-18(12-14-26)22(28)24-15-17-7-9-19(23)10-8-17/h2-10,18H,11-16H2,1H3,(H,24,28). The molecule has 148 valence electrons. The summed E-state index contributed by atoms with van der Waals surface area (Å²) in [7, 11) is 1.79. The number of carbonyl (C=O) groups excluding carboxylic acids is 2. The number of carbonyl (C=O) groups is 2. The van der Waals surface area contributed by atoms with Gasteiger partial charge in [0.2, 0.25) is 11.8 Å². The second-order valence-electron chi connectivity index (χ2n) is 7.18. The minimum atomic E-state index is -0.282. The Kier molecular flexibility index (Phi) is 6.76. The molecule has 0 aliphatic carbocycles. The van der Waals surface area contributed by atoms with E-state index < -0.39 is 0 Å². The van der Waals surface area contributed by atoms with Gasteiger partial charge in [-0.25, -0.2) is 4.39 Å². The molecule has 6 heteroatoms. The maximum atomic E-state index is 12.9. The van der Waals surface area contributed by atoms with Gasteiger partial charge in [-0.3, -0.25) is 14.5 Å². The molecule has 5 nitrogen and oxygen atoms in total. The van der Waals surface area contributed by atoms with Gasteiger partial charge in [0.25, 0.3) is 0 Å². The van der Waals surface area contributed by atoms with Crippen LogP contribution in [-0.4, -0.2) is 43.4 Å². The molecule has 2 aromatic carbocycles. The van der Waals surface area contributed by atoms with Crippen LogP contribution in [0, 0.1) is 11.7 Å². The van der Waals surface area contributed by atoms with E-state index in [4.69, 9.17) is 0 Å². The van der Waals surface area contributed by atoms with Crippen LogP contribution in [0.25, 0.3) is 0 Å². The summed E-state index contributed by atoms with van der Waals surface area (Å²) in [6.07, 6.45) is 1.47. The van der Waals surface area contributed by atoms with Crippen molar-refractivity contribution in [2.75, 3.05) is 31.6 Å². The Bertz CT molecular complexity index is 787. The van der Waals surface area contributed by atoms with E-state index >= 15 is 0 Å². The molecule has 0 saturated carbocycles. The number of hydrogen-bond donors (Lipinski definition) is 1. The molecule has 28 heavy (non-hydrogen) atoms. The summed E-state index contributed by atoms with van der Waals surface area (Å²) < 4.78 is 12.9. The molecule has 1 N–H and O–H groups in total. The second-order valence-corrected chi connectivity index (χ2v) is 7.18. The number of amides is 2. The van der Waals surface area contributed by atoms with E-state index in [-0.39, 0.29) is 23.5 Å². The van der Waals surface area contributed by atoms with Crippen LogP contribution in [0.2, 0.25) is 0 Å². The molecule has 0 spiro atoms. The molecule has 1 saturated heterocycles. The average molecular weight is 383 g/mol. The van der Waals surface area contributed by atoms with E-state index in [1.54, 1.807) is 24.1 Å². The first kappa shape index (κ1) is 20.0. The molecule has 0 radical (unpaired) electrons. The van der Waals surface area contributed by atoms with Gasteiger partial charge in [0, 0.05) is 25.2 Å². The minimum absolute atomic E-state index is 0.0247. The van der Waals surface area contributed by atoms with Crippen molar-refractivity contribution < 1.29 is 14.0 Å². The van der Waals surface area contributed by atoms with Crippen molar-refractivity contribution in [1.82, 2.24) is 10.2 Å². The van der Waals surface area contributed by atoms with Crippen LogP contribution >= 0.6 is 0 Å². The van der Waals surface area contributed by atoms with Crippen molar-refractivity contribution in [3.8, 4) is 0 Å². The Labute approximate surface area is 165 Å². The van der Waals surface area contributed by atoms with Crippen molar-refractivity contribution >= 4 is 17.5 Å². The van der Waals surface area contributed by atoms with Crippen LogP contribution in [-0.2, 0) is 16.1 Å². The van der Waals surface area contributed by atoms with Crippen LogP contribution in [0.4, 0.5) is 10.1 Å². The minimum Gasteiger partial charge on any atom is -0.352 e. The van der Waals surface area contributed by atoms with Crippen molar-refractivity contribution in [2.45, 2.75) is 19.4 Å². The molecule has 1 heterocycles. The van der Waals surface area contributed by atoms with Crippen LogP contribution in [0.3, 0.4) is 0 Å². The van der Waals surface area contributed by atoms with Crippen molar-refractivity contribution in [1.29, 1.82) is 0 Å². The number of likely N-dealkylation sites (tertiary alicyclic amines) is 1. The zero-order chi connectivity index (χ0) is 19.9. The lowest BCUT2D eigenvalue weighted by Gasteiger charge is -2.32. The zero-order valence-electron chi connectivity index (χ0n) is 16.1. The van der Waals surface area contributed by atoms with E-state index in [1.807, 2.05) is 30.3 Å². The lowest BCUT2D eigenvalue weighted by atomic mass is 9.96. The van der Waals surface area contributed by atoms with Gasteiger partial charge in [-0.15, -0.1) is 0 Å². The van der Waals surface area contributed by atoms with Gasteiger partial charge in [-0.05, 0) is 55.8 Å². The zero-order valence-corrected chi connectivity index (χ0v) is 16.1. The molecule has 3 rings (SSSR count). The quantitative estimate of drug-likeness (QED) is 0.835. The number of halogens is 1. The van der Waals surface area contributed by atoms with Crippen molar-refractivity contribution in [2.24, 2.45) is 5.92 Å². The lowest BCUT2D eigenvalue weighted by molar-refractivity contribution is -0.126. The van der Waals surface area contributed by atoms with Gasteiger partial charge in [-0.1, -0.05) is 30.3 Å². The first-order valence-corrected chi connectivity index (χ1v) is 9.59. The van der Waals surface area contributed by atoms with Gasteiger partial charge in [0.15, 0.2) is 0 Å². The number of hydrogen-bond acceptors (Lipinski definition) is 3. The smallest absolute Gasteiger partial charge is 0.240 e. The van der Waals surface area contributed by atoms with Crippen LogP contribution < -0.4 is 10.2 Å². The number of anilines is 1. The highest BCUT2D eigenvalue weighted by Gasteiger charge is 2.26. The van der Waals surface area contributed by atoms with Crippen molar-refractivity contribution in [3.63, 3.8) is 0 Å². The van der Waals surface area contributed by atoms with E-state index in [1.165, 1.54) is 12.1 Å². The second kappa shape index (κ2) is 9.46. The summed E-state index contributed by atoms with van der Waals surface area (Å²) in [4.78, 5) is 28.6. The Morgan fingerprint density at radius 2 is 1.71 bits per heavy atom. The summed E-state index contributed by atoms with van der Waals surface area (Å²) in [5, 5.41) is 2.93. The molecule has 1 aliphatic heterocycles. The van der Waals surface area contributed by atoms with Gasteiger partial charge in [0.05, 0.1) is 6.54 Å². The number of likely N-dealkylation sites (N-methyl/N-ethyl adjacent to an activating group) is 1. The number of piperidine rings is 1. The third kappa shape index (κ3) is 5.39. The van der Waals surface area contributed by atoms with Crippen LogP contribution in [0.5, 0.6) is 0 Å². The fourth-order valence-electron chi connectivity index (χ4n) is 3.38. The van der Waals surface area contributed by atoms with Gasteiger partial charge >= 0.3 is 0 Å². The third-order valence-corrected chi connectivity index (χ3v) is 5.21. The maximum Gasteiger partial charge on any atom is 0.240 e. The molecule has 0 aromatic heterocycles. The van der Waals surface area contributed by atoms with Gasteiger partial charge in [0.1, 0.15) is 5.82 Å². The first-order valence-electron chi connectivity index (χ1n) is 9.59. The fourth-order valence-corrected chi connectivity index (χ4v) is 3.38. The summed E-state index contributed by atoms with van der Waals surface area (Å²) in [6, 6.07) is 15.7. The predicted octanol–water partition coefficient (Wildman–Crippen LogP) is 2.82. The SMILES string of the molecule is CN(C(=O)CN1CCC(C(=O)NCc2ccc(F)cc2)CC1)c1ccccc1. The maximum absolute atomic E-state index is 12.9. The highest BCUT2D eigenvalue weighted by Crippen LogP contribution is 2.18. The van der Waals surface area contributed by atoms with Crippen LogP contribution in [0.15, 0.2) is 54.6 Å². The number of nitrogens with one attached hydrogen (secondary N) is 1. The highest BCUT2D eigenvalue weighted by atomic mass is 19.1. The molecule has 0 unspecified atom stereocenters. The molecular weight excluding hydrogens is 357 g/mol. The summed E-state index contributed by atoms with van der Waals surface area (Å²) in [6.45, 7) is 2.21. The molecule has 2 amide bonds. The molecule has 0 atom stereocenters. The summed E-state index contributed by atoms with van der Waals surface area (Å²) >= 11 is 0. The molecule has 1 fully saturated rings. The van der Waals surface area contributed by atoms with E-state index in [0.29, 0.717) is 13.1 Å². The Balaban J connectivity index is 1.41. The van der Waals surface area contributed by atoms with Crippen molar-refractivity contribution in [3.05, 3.63) is 66.0 Å². The number of nitrogens with zero attached hydrogens (tertiary/aromatic N) is 2. The van der Waals surface area contributed by atoms with E-state index in [2.05, 4.69) is 10.2 Å². The highest BCUT2D eigenvalue weighted by molar-refractivity contribution is 5.94. The number of benzene rings is 2. The van der Waals surface area contributed by atoms with Gasteiger partial charge in [-0.2, -0.15) is 0 Å². The predicted molar refractivity (Wildman–Crippen MR) is 107 cm³/mol. The third-order valence-electron chi connectivity index (χ3n) is 5.21. The molecular formula is C22H26FN3O2. The summed E-state index contributed by atoms with van der Waals surface area (Å²) in [5.41, 5.74) is 1.75. The molecule has 1 aliphatic rings. The number of para-hydroxylation sites is 1. The molecule has 0 bridgehead atoms. The van der Waals surface area contributed by atoms with Gasteiger partial charge < -0.3 is 10.2 Å². The normalized spacial score (nSPS) is 15.2. The van der Waals surface area contributed by atoms with E-state index in [9.17, 15) is 14.0 Å². The summed E-state index contributed by atoms with van der Waals surface area (Å²) in [5.74, 6) is -0.254. The number of rotatable bonds is 6. The topological polar surface area (TPSA) is 52.7 Å². The lowest BCUT2D eigenvalue weighted by Crippen LogP contribution is -2.44. The largest absolute Gasteiger partial charge is 0.352 e. The Morgan fingerprint density at radius 3 is 2.36 bits per heavy atom. The average Bonchev–Trinajstić information content (AvgIpc) is 2.73. The molecule has 2 aromatic rings. The van der Waals surface area contributed by atoms with E-state index in [0.717, 1.165) is 37.2 Å². The monoisotopic (exact) mass is 383 g/mol. The Morgan fingerprint density at radius 1 is 1.07 bits per heavy atom. The Hall–Kier alpha value is -2.73.